The molecule has 1 aliphatic rings. The van der Waals surface area contributed by atoms with Gasteiger partial charge in [0, 0.05) is 25.7 Å². The van der Waals surface area contributed by atoms with E-state index in [9.17, 15) is 9.59 Å². The molecule has 1 heterocycles. The zero-order valence-electron chi connectivity index (χ0n) is 15.7. The lowest BCUT2D eigenvalue weighted by atomic mass is 10.0. The summed E-state index contributed by atoms with van der Waals surface area (Å²) in [7, 11) is 0. The number of hydrogen-bond donors (Lipinski definition) is 3. The van der Waals surface area contributed by atoms with Gasteiger partial charge in [-0.2, -0.15) is 11.8 Å². The number of carbonyl (C=O) groups excluding carboxylic acids is 2. The molecule has 0 saturated carbocycles. The minimum atomic E-state index is -0.653. The number of primary amides is 1. The highest BCUT2D eigenvalue weighted by Gasteiger charge is 2.25. The van der Waals surface area contributed by atoms with E-state index in [0.717, 1.165) is 38.2 Å². The van der Waals surface area contributed by atoms with Crippen molar-refractivity contribution in [2.75, 3.05) is 25.1 Å². The van der Waals surface area contributed by atoms with Crippen molar-refractivity contribution in [2.24, 2.45) is 5.73 Å². The molecular weight excluding hydrogens is 348 g/mol. The van der Waals surface area contributed by atoms with Crippen LogP contribution in [0.5, 0.6) is 0 Å². The van der Waals surface area contributed by atoms with Crippen molar-refractivity contribution in [2.45, 2.75) is 44.8 Å². The minimum Gasteiger partial charge on any atom is -0.352 e. The van der Waals surface area contributed by atoms with Crippen molar-refractivity contribution in [3.8, 4) is 0 Å². The number of nitrogens with one attached hydrogen (secondary N) is 2. The Hall–Kier alpha value is -1.73. The number of benzene rings is 1. The number of hydrogen-bond acceptors (Lipinski definition) is 4. The maximum absolute atomic E-state index is 12.5. The molecule has 6 nitrogen and oxygen atoms in total. The number of carbonyl (C=O) groups is 2. The van der Waals surface area contributed by atoms with Crippen LogP contribution in [0.2, 0.25) is 0 Å². The first-order valence-electron chi connectivity index (χ1n) is 9.11. The van der Waals surface area contributed by atoms with Gasteiger partial charge in [-0.25, -0.2) is 4.79 Å². The van der Waals surface area contributed by atoms with Gasteiger partial charge in [0.05, 0.1) is 0 Å². The lowest BCUT2D eigenvalue weighted by Gasteiger charge is -2.33. The Kier molecular flexibility index (Phi) is 8.25. The maximum atomic E-state index is 12.5. The van der Waals surface area contributed by atoms with Crippen LogP contribution in [0.3, 0.4) is 0 Å². The van der Waals surface area contributed by atoms with Crippen LogP contribution in [0, 0.1) is 6.92 Å². The van der Waals surface area contributed by atoms with Crippen LogP contribution in [0.25, 0.3) is 0 Å². The largest absolute Gasteiger partial charge is 0.352 e. The molecule has 0 radical (unpaired) electrons. The van der Waals surface area contributed by atoms with E-state index in [2.05, 4.69) is 46.7 Å². The quantitative estimate of drug-likeness (QED) is 0.644. The van der Waals surface area contributed by atoms with Crippen molar-refractivity contribution in [3.05, 3.63) is 35.4 Å². The first kappa shape index (κ1) is 20.6. The summed E-state index contributed by atoms with van der Waals surface area (Å²) in [4.78, 5) is 26.0. The van der Waals surface area contributed by atoms with E-state index in [0.29, 0.717) is 6.42 Å². The molecule has 0 aromatic heterocycles. The average molecular weight is 379 g/mol. The molecule has 1 atom stereocenters. The first-order chi connectivity index (χ1) is 12.5. The summed E-state index contributed by atoms with van der Waals surface area (Å²) in [6.45, 7) is 4.97. The molecule has 0 unspecified atom stereocenters. The lowest BCUT2D eigenvalue weighted by Crippen LogP contribution is -2.53. The fourth-order valence-corrected chi connectivity index (χ4v) is 3.75. The Morgan fingerprint density at radius 3 is 2.69 bits per heavy atom. The van der Waals surface area contributed by atoms with Gasteiger partial charge < -0.3 is 16.4 Å². The van der Waals surface area contributed by atoms with E-state index in [1.165, 1.54) is 11.1 Å². The van der Waals surface area contributed by atoms with Gasteiger partial charge in [-0.05, 0) is 43.8 Å². The van der Waals surface area contributed by atoms with Gasteiger partial charge in [0.25, 0.3) is 0 Å². The number of likely N-dealkylation sites (tertiary alicyclic amines) is 1. The Morgan fingerprint density at radius 1 is 1.35 bits per heavy atom. The molecule has 144 valence electrons. The molecule has 0 spiro atoms. The smallest absolute Gasteiger partial charge is 0.312 e. The van der Waals surface area contributed by atoms with Gasteiger partial charge in [-0.15, -0.1) is 0 Å². The standard InChI is InChI=1S/C19H30N4O2S/c1-14-4-3-5-15(12-14)13-23-9-6-16(7-10-23)21-18(24)17(8-11-26-2)22-19(20)25/h3-5,12,16-17H,6-11,13H2,1-2H3,(H,21,24)(H3,20,22,25)/t17-/m1/s1. The second-order valence-corrected chi connectivity index (χ2v) is 7.88. The summed E-state index contributed by atoms with van der Waals surface area (Å²) in [6.07, 6.45) is 4.40. The van der Waals surface area contributed by atoms with Gasteiger partial charge in [-0.3, -0.25) is 9.69 Å². The van der Waals surface area contributed by atoms with E-state index in [4.69, 9.17) is 5.73 Å². The molecule has 0 aliphatic carbocycles. The predicted octanol–water partition coefficient (Wildman–Crippen LogP) is 1.87. The van der Waals surface area contributed by atoms with E-state index in [-0.39, 0.29) is 11.9 Å². The third-order valence-electron chi connectivity index (χ3n) is 4.67. The van der Waals surface area contributed by atoms with Gasteiger partial charge in [-0.1, -0.05) is 29.8 Å². The second-order valence-electron chi connectivity index (χ2n) is 6.89. The second kappa shape index (κ2) is 10.4. The molecule has 1 aromatic carbocycles. The molecule has 1 saturated heterocycles. The van der Waals surface area contributed by atoms with Gasteiger partial charge in [0.1, 0.15) is 6.04 Å². The van der Waals surface area contributed by atoms with Crippen molar-refractivity contribution in [1.29, 1.82) is 0 Å². The average Bonchev–Trinajstić information content (AvgIpc) is 2.60. The Morgan fingerprint density at radius 2 is 2.08 bits per heavy atom. The van der Waals surface area contributed by atoms with E-state index < -0.39 is 12.1 Å². The van der Waals surface area contributed by atoms with Crippen LogP contribution >= 0.6 is 11.8 Å². The monoisotopic (exact) mass is 378 g/mol. The van der Waals surface area contributed by atoms with Gasteiger partial charge >= 0.3 is 6.03 Å². The summed E-state index contributed by atoms with van der Waals surface area (Å²) < 4.78 is 0. The van der Waals surface area contributed by atoms with E-state index in [1.54, 1.807) is 11.8 Å². The maximum Gasteiger partial charge on any atom is 0.312 e. The number of amides is 3. The van der Waals surface area contributed by atoms with E-state index >= 15 is 0 Å². The number of thioether (sulfide) groups is 1. The highest BCUT2D eigenvalue weighted by atomic mass is 32.2. The van der Waals surface area contributed by atoms with Crippen LogP contribution in [0.15, 0.2) is 24.3 Å². The first-order valence-corrected chi connectivity index (χ1v) is 10.5. The number of rotatable bonds is 8. The van der Waals surface area contributed by atoms with Crippen molar-refractivity contribution >= 4 is 23.7 Å². The summed E-state index contributed by atoms with van der Waals surface area (Å²) in [5.74, 6) is 0.669. The molecule has 7 heteroatoms. The minimum absolute atomic E-state index is 0.130. The summed E-state index contributed by atoms with van der Waals surface area (Å²) in [6, 6.07) is 7.54. The van der Waals surface area contributed by atoms with Crippen LogP contribution in [-0.2, 0) is 11.3 Å². The molecule has 2 rings (SSSR count). The molecule has 1 aliphatic heterocycles. The summed E-state index contributed by atoms with van der Waals surface area (Å²) >= 11 is 1.64. The molecular formula is C19H30N4O2S. The third kappa shape index (κ3) is 6.88. The molecule has 26 heavy (non-hydrogen) atoms. The Balaban J connectivity index is 1.79. The van der Waals surface area contributed by atoms with Crippen molar-refractivity contribution in [1.82, 2.24) is 15.5 Å². The van der Waals surface area contributed by atoms with Crippen LogP contribution < -0.4 is 16.4 Å². The number of aryl methyl sites for hydroxylation is 1. The normalized spacial score (nSPS) is 16.8. The SMILES string of the molecule is CSCC[C@@H](NC(N)=O)C(=O)NC1CCN(Cc2cccc(C)c2)CC1. The molecule has 1 aromatic rings. The summed E-state index contributed by atoms with van der Waals surface area (Å²) in [5.41, 5.74) is 7.80. The molecule has 4 N–H and O–H groups in total. The Bertz CT molecular complexity index is 603. The zero-order chi connectivity index (χ0) is 18.9. The number of urea groups is 1. The van der Waals surface area contributed by atoms with Crippen molar-refractivity contribution in [3.63, 3.8) is 0 Å². The third-order valence-corrected chi connectivity index (χ3v) is 5.31. The van der Waals surface area contributed by atoms with Crippen LogP contribution in [0.4, 0.5) is 4.79 Å². The zero-order valence-corrected chi connectivity index (χ0v) is 16.5. The highest BCUT2D eigenvalue weighted by molar-refractivity contribution is 7.98. The number of piperidine rings is 1. The fourth-order valence-electron chi connectivity index (χ4n) is 3.28. The molecule has 3 amide bonds. The number of nitrogens with two attached hydrogens (primary N) is 1. The van der Waals surface area contributed by atoms with Crippen LogP contribution in [-0.4, -0.2) is 54.0 Å². The summed E-state index contributed by atoms with van der Waals surface area (Å²) in [5, 5.41) is 5.64. The van der Waals surface area contributed by atoms with Gasteiger partial charge in [0.2, 0.25) is 5.91 Å². The topological polar surface area (TPSA) is 87.5 Å². The Labute approximate surface area is 160 Å². The number of nitrogens with zero attached hydrogens (tertiary/aromatic N) is 1. The lowest BCUT2D eigenvalue weighted by molar-refractivity contribution is -0.124. The van der Waals surface area contributed by atoms with Gasteiger partial charge in [0.15, 0.2) is 0 Å². The molecule has 0 bridgehead atoms. The highest BCUT2D eigenvalue weighted by Crippen LogP contribution is 2.15. The predicted molar refractivity (Wildman–Crippen MR) is 107 cm³/mol. The van der Waals surface area contributed by atoms with Crippen LogP contribution in [0.1, 0.15) is 30.4 Å². The van der Waals surface area contributed by atoms with E-state index in [1.807, 2.05) is 6.26 Å². The molecule has 1 fully saturated rings. The van der Waals surface area contributed by atoms with Crippen molar-refractivity contribution < 1.29 is 9.59 Å². The fraction of sp³-hybridized carbons (Fsp3) is 0.579.